The fraction of sp³-hybridized carbons (Fsp3) is 0.800. The Labute approximate surface area is 138 Å². The Morgan fingerprint density at radius 2 is 1.91 bits per heavy atom. The lowest BCUT2D eigenvalue weighted by atomic mass is 10.2. The van der Waals surface area contributed by atoms with Gasteiger partial charge in [0.25, 0.3) is 0 Å². The summed E-state index contributed by atoms with van der Waals surface area (Å²) in [5.41, 5.74) is 0. The predicted octanol–water partition coefficient (Wildman–Crippen LogP) is 2.27. The second-order valence-electron chi connectivity index (χ2n) is 5.81. The van der Waals surface area contributed by atoms with E-state index in [0.29, 0.717) is 5.75 Å². The Balaban J connectivity index is 2.96. The average Bonchev–Trinajstić information content (AvgIpc) is 2.85. The van der Waals surface area contributed by atoms with Crippen molar-refractivity contribution >= 4 is 17.7 Å². The number of carbonyl (C=O) groups excluding carboxylic acids is 1. The smallest absolute Gasteiger partial charge is 0.232 e. The van der Waals surface area contributed by atoms with E-state index >= 15 is 0 Å². The molecule has 1 aromatic rings. The average molecular weight is 327 g/mol. The third-order valence-corrected chi connectivity index (χ3v) is 4.56. The fourth-order valence-electron chi connectivity index (χ4n) is 2.21. The summed E-state index contributed by atoms with van der Waals surface area (Å²) in [6, 6.07) is 0.253. The number of rotatable bonds is 9. The molecule has 6 nitrogen and oxygen atoms in total. The molecule has 0 aliphatic carbocycles. The van der Waals surface area contributed by atoms with Gasteiger partial charge < -0.3 is 9.47 Å². The fourth-order valence-corrected chi connectivity index (χ4v) is 3.16. The zero-order valence-corrected chi connectivity index (χ0v) is 15.5. The molecule has 0 radical (unpaired) electrons. The maximum Gasteiger partial charge on any atom is 0.232 e. The van der Waals surface area contributed by atoms with Crippen molar-refractivity contribution in [1.82, 2.24) is 24.6 Å². The summed E-state index contributed by atoms with van der Waals surface area (Å²) in [7, 11) is 7.68. The van der Waals surface area contributed by atoms with E-state index in [4.69, 9.17) is 0 Å². The molecule has 1 atom stereocenters. The zero-order chi connectivity index (χ0) is 16.7. The quantitative estimate of drug-likeness (QED) is 0.651. The molecule has 0 bridgehead atoms. The lowest BCUT2D eigenvalue weighted by Crippen LogP contribution is -2.24. The molecule has 0 aliphatic rings. The van der Waals surface area contributed by atoms with Crippen molar-refractivity contribution in [3.05, 3.63) is 5.82 Å². The van der Waals surface area contributed by atoms with Crippen LogP contribution in [-0.2, 0) is 11.3 Å². The van der Waals surface area contributed by atoms with E-state index in [-0.39, 0.29) is 11.9 Å². The zero-order valence-electron chi connectivity index (χ0n) is 14.7. The number of unbranched alkanes of at least 4 members (excludes halogenated alkanes) is 1. The highest BCUT2D eigenvalue weighted by Crippen LogP contribution is 2.25. The predicted molar refractivity (Wildman–Crippen MR) is 91.1 cm³/mol. The van der Waals surface area contributed by atoms with Crippen LogP contribution in [0.5, 0.6) is 0 Å². The molecular weight excluding hydrogens is 298 g/mol. The van der Waals surface area contributed by atoms with Crippen LogP contribution in [0.3, 0.4) is 0 Å². The van der Waals surface area contributed by atoms with Crippen LogP contribution in [0, 0.1) is 0 Å². The van der Waals surface area contributed by atoms with Crippen molar-refractivity contribution < 1.29 is 4.79 Å². The van der Waals surface area contributed by atoms with E-state index in [2.05, 4.69) is 47.6 Å². The first kappa shape index (κ1) is 19.0. The Morgan fingerprint density at radius 3 is 2.41 bits per heavy atom. The van der Waals surface area contributed by atoms with Crippen LogP contribution in [0.15, 0.2) is 5.16 Å². The van der Waals surface area contributed by atoms with Crippen LogP contribution in [0.1, 0.15) is 45.0 Å². The first-order valence-electron chi connectivity index (χ1n) is 7.84. The number of aromatic nitrogens is 3. The normalized spacial score (nSPS) is 12.7. The van der Waals surface area contributed by atoms with Gasteiger partial charge in [-0.05, 0) is 26.9 Å². The molecule has 0 saturated carbocycles. The van der Waals surface area contributed by atoms with E-state index in [1.165, 1.54) is 11.8 Å². The van der Waals surface area contributed by atoms with E-state index < -0.39 is 0 Å². The summed E-state index contributed by atoms with van der Waals surface area (Å²) in [5.74, 6) is 1.49. The van der Waals surface area contributed by atoms with Gasteiger partial charge in [0.15, 0.2) is 11.0 Å². The van der Waals surface area contributed by atoms with Gasteiger partial charge in [-0.3, -0.25) is 9.69 Å². The molecule has 1 unspecified atom stereocenters. The van der Waals surface area contributed by atoms with Gasteiger partial charge >= 0.3 is 0 Å². The SMILES string of the molecule is CCCCn1c(SCC(=O)N(C)C)nnc1C(CC)N(C)C. The molecule has 1 heterocycles. The van der Waals surface area contributed by atoms with Gasteiger partial charge in [-0.2, -0.15) is 0 Å². The topological polar surface area (TPSA) is 54.3 Å². The van der Waals surface area contributed by atoms with Gasteiger partial charge in [0.2, 0.25) is 5.91 Å². The van der Waals surface area contributed by atoms with Crippen LogP contribution >= 0.6 is 11.8 Å². The Kier molecular flexibility index (Phi) is 7.89. The number of amides is 1. The lowest BCUT2D eigenvalue weighted by molar-refractivity contribution is -0.125. The largest absolute Gasteiger partial charge is 0.348 e. The van der Waals surface area contributed by atoms with E-state index in [1.54, 1.807) is 19.0 Å². The minimum absolute atomic E-state index is 0.0937. The molecule has 0 saturated heterocycles. The third-order valence-electron chi connectivity index (χ3n) is 3.61. The molecule has 1 aromatic heterocycles. The molecule has 0 fully saturated rings. The first-order chi connectivity index (χ1) is 10.4. The highest BCUT2D eigenvalue weighted by Gasteiger charge is 2.22. The van der Waals surface area contributed by atoms with Gasteiger partial charge in [-0.25, -0.2) is 0 Å². The van der Waals surface area contributed by atoms with Gasteiger partial charge in [-0.15, -0.1) is 10.2 Å². The summed E-state index contributed by atoms with van der Waals surface area (Å²) in [6.45, 7) is 5.24. The van der Waals surface area contributed by atoms with Crippen LogP contribution in [0.2, 0.25) is 0 Å². The summed E-state index contributed by atoms with van der Waals surface area (Å²) in [5, 5.41) is 9.59. The summed E-state index contributed by atoms with van der Waals surface area (Å²) in [6.07, 6.45) is 3.19. The van der Waals surface area contributed by atoms with E-state index in [1.807, 2.05) is 0 Å². The summed E-state index contributed by atoms with van der Waals surface area (Å²) in [4.78, 5) is 15.6. The molecule has 7 heteroatoms. The van der Waals surface area contributed by atoms with Gasteiger partial charge in [-0.1, -0.05) is 32.0 Å². The second-order valence-corrected chi connectivity index (χ2v) is 6.75. The Hall–Kier alpha value is -1.08. The minimum Gasteiger partial charge on any atom is -0.348 e. The van der Waals surface area contributed by atoms with Crippen molar-refractivity contribution in [1.29, 1.82) is 0 Å². The van der Waals surface area contributed by atoms with Crippen molar-refractivity contribution in [2.24, 2.45) is 0 Å². The molecule has 1 amide bonds. The van der Waals surface area contributed by atoms with Crippen LogP contribution in [0.25, 0.3) is 0 Å². The molecule has 126 valence electrons. The van der Waals surface area contributed by atoms with Crippen molar-refractivity contribution in [3.8, 4) is 0 Å². The van der Waals surface area contributed by atoms with Crippen molar-refractivity contribution in [2.75, 3.05) is 33.9 Å². The second kappa shape index (κ2) is 9.15. The highest BCUT2D eigenvalue weighted by molar-refractivity contribution is 7.99. The third kappa shape index (κ3) is 4.98. The molecular formula is C15H29N5OS. The molecule has 22 heavy (non-hydrogen) atoms. The maximum atomic E-state index is 11.8. The monoisotopic (exact) mass is 327 g/mol. The molecule has 0 aromatic carbocycles. The first-order valence-corrected chi connectivity index (χ1v) is 8.83. The molecule has 0 spiro atoms. The minimum atomic E-state index is 0.0937. The standard InChI is InChI=1S/C15H29N5OS/c1-7-9-10-20-14(12(8-2)18(3)4)16-17-15(20)22-11-13(21)19(5)6/h12H,7-11H2,1-6H3. The van der Waals surface area contributed by atoms with Gasteiger partial charge in [0.1, 0.15) is 0 Å². The summed E-state index contributed by atoms with van der Waals surface area (Å²) >= 11 is 1.47. The number of carbonyl (C=O) groups is 1. The Morgan fingerprint density at radius 1 is 1.23 bits per heavy atom. The number of hydrogen-bond donors (Lipinski definition) is 0. The van der Waals surface area contributed by atoms with Crippen molar-refractivity contribution in [3.63, 3.8) is 0 Å². The van der Waals surface area contributed by atoms with Gasteiger partial charge in [0, 0.05) is 20.6 Å². The Bertz CT molecular complexity index is 472. The number of hydrogen-bond acceptors (Lipinski definition) is 5. The van der Waals surface area contributed by atoms with E-state index in [0.717, 1.165) is 36.8 Å². The lowest BCUT2D eigenvalue weighted by Gasteiger charge is -2.23. The van der Waals surface area contributed by atoms with Crippen LogP contribution in [-0.4, -0.2) is 64.4 Å². The molecule has 0 N–H and O–H groups in total. The van der Waals surface area contributed by atoms with Crippen LogP contribution < -0.4 is 0 Å². The summed E-state index contributed by atoms with van der Waals surface area (Å²) < 4.78 is 2.19. The van der Waals surface area contributed by atoms with Gasteiger partial charge in [0.05, 0.1) is 11.8 Å². The highest BCUT2D eigenvalue weighted by atomic mass is 32.2. The molecule has 1 rings (SSSR count). The number of nitrogens with zero attached hydrogens (tertiary/aromatic N) is 5. The number of thioether (sulfide) groups is 1. The molecule has 0 aliphatic heterocycles. The van der Waals surface area contributed by atoms with Crippen molar-refractivity contribution in [2.45, 2.75) is 50.9 Å². The van der Waals surface area contributed by atoms with Crippen LogP contribution in [0.4, 0.5) is 0 Å². The van der Waals surface area contributed by atoms with E-state index in [9.17, 15) is 4.79 Å². The maximum absolute atomic E-state index is 11.8.